The zero-order valence-electron chi connectivity index (χ0n) is 17.9. The van der Waals surface area contributed by atoms with Crippen molar-refractivity contribution in [1.29, 1.82) is 0 Å². The Labute approximate surface area is 196 Å². The van der Waals surface area contributed by atoms with Gasteiger partial charge in [-0.3, -0.25) is 14.6 Å². The maximum absolute atomic E-state index is 4.92. The number of likely N-dealkylation sites (tertiary alicyclic amines) is 1. The third kappa shape index (κ3) is 7.25. The molecule has 0 spiro atoms. The predicted octanol–water partition coefficient (Wildman–Crippen LogP) is 3.96. The normalized spacial score (nSPS) is 15.9. The molecule has 2 N–H and O–H groups in total. The van der Waals surface area contributed by atoms with E-state index in [0.717, 1.165) is 44.3 Å². The highest BCUT2D eigenvalue weighted by Gasteiger charge is 2.24. The van der Waals surface area contributed by atoms with E-state index in [2.05, 4.69) is 62.7 Å². The smallest absolute Gasteiger partial charge is 0.191 e. The van der Waals surface area contributed by atoms with Crippen molar-refractivity contribution in [3.05, 3.63) is 39.8 Å². The lowest BCUT2D eigenvalue weighted by molar-refractivity contribution is 0.255. The van der Waals surface area contributed by atoms with Crippen LogP contribution in [0.2, 0.25) is 0 Å². The molecular formula is C21H35IN6S. The molecule has 6 nitrogen and oxygen atoms in total. The number of halogens is 1. The van der Waals surface area contributed by atoms with Crippen molar-refractivity contribution < 1.29 is 0 Å². The van der Waals surface area contributed by atoms with Gasteiger partial charge in [-0.2, -0.15) is 5.10 Å². The Balaban J connectivity index is 0.00000300. The fourth-order valence-corrected chi connectivity index (χ4v) is 4.63. The van der Waals surface area contributed by atoms with Crippen LogP contribution in [0.15, 0.2) is 28.6 Å². The number of thiophene rings is 1. The van der Waals surface area contributed by atoms with E-state index in [1.807, 2.05) is 18.3 Å². The van der Waals surface area contributed by atoms with Crippen molar-refractivity contribution in [2.24, 2.45) is 4.99 Å². The molecule has 1 saturated heterocycles. The minimum absolute atomic E-state index is 0. The van der Waals surface area contributed by atoms with Crippen molar-refractivity contribution in [3.63, 3.8) is 0 Å². The molecule has 0 aliphatic carbocycles. The Morgan fingerprint density at radius 2 is 2.07 bits per heavy atom. The molecule has 3 rings (SSSR count). The zero-order chi connectivity index (χ0) is 19.8. The lowest BCUT2D eigenvalue weighted by atomic mass is 10.2. The first kappa shape index (κ1) is 24.1. The molecule has 2 aromatic rings. The van der Waals surface area contributed by atoms with E-state index in [9.17, 15) is 0 Å². The van der Waals surface area contributed by atoms with Gasteiger partial charge in [0.1, 0.15) is 0 Å². The SMILES string of the molecule is CCNC(=NCC(c1cccs1)N1CCCC1)NCCCn1nc(C)cc1C.I. The summed E-state index contributed by atoms with van der Waals surface area (Å²) in [6, 6.07) is 6.92. The first-order valence-corrected chi connectivity index (χ1v) is 11.4. The van der Waals surface area contributed by atoms with Crippen molar-refractivity contribution in [2.45, 2.75) is 52.6 Å². The summed E-state index contributed by atoms with van der Waals surface area (Å²) in [4.78, 5) is 8.92. The molecule has 0 bridgehead atoms. The molecule has 2 aromatic heterocycles. The Kier molecular flexibility index (Phi) is 10.4. The van der Waals surface area contributed by atoms with Gasteiger partial charge in [-0.15, -0.1) is 35.3 Å². The first-order valence-electron chi connectivity index (χ1n) is 10.5. The van der Waals surface area contributed by atoms with Crippen LogP contribution in [0.25, 0.3) is 0 Å². The van der Waals surface area contributed by atoms with Crippen molar-refractivity contribution in [1.82, 2.24) is 25.3 Å². The van der Waals surface area contributed by atoms with Crippen molar-refractivity contribution in [2.75, 3.05) is 32.7 Å². The summed E-state index contributed by atoms with van der Waals surface area (Å²) in [5.74, 6) is 0.914. The van der Waals surface area contributed by atoms with Crippen LogP contribution >= 0.6 is 35.3 Å². The number of nitrogens with one attached hydrogen (secondary N) is 2. The van der Waals surface area contributed by atoms with Crippen LogP contribution in [-0.4, -0.2) is 53.4 Å². The first-order chi connectivity index (χ1) is 13.7. The van der Waals surface area contributed by atoms with Crippen LogP contribution in [0.4, 0.5) is 0 Å². The summed E-state index contributed by atoms with van der Waals surface area (Å²) in [6.07, 6.45) is 3.62. The van der Waals surface area contributed by atoms with E-state index < -0.39 is 0 Å². The van der Waals surface area contributed by atoms with Gasteiger partial charge in [-0.25, -0.2) is 0 Å². The van der Waals surface area contributed by atoms with Crippen LogP contribution in [0.5, 0.6) is 0 Å². The Hall–Kier alpha value is -1.13. The maximum Gasteiger partial charge on any atom is 0.191 e. The fourth-order valence-electron chi connectivity index (χ4n) is 3.78. The second-order valence-corrected chi connectivity index (χ2v) is 8.40. The summed E-state index contributed by atoms with van der Waals surface area (Å²) in [5, 5.41) is 13.6. The van der Waals surface area contributed by atoms with Gasteiger partial charge in [0.15, 0.2) is 5.96 Å². The highest BCUT2D eigenvalue weighted by molar-refractivity contribution is 14.0. The number of aliphatic imine (C=N–C) groups is 1. The molecule has 0 aromatic carbocycles. The third-order valence-electron chi connectivity index (χ3n) is 5.16. The highest BCUT2D eigenvalue weighted by atomic mass is 127. The van der Waals surface area contributed by atoms with E-state index in [0.29, 0.717) is 6.04 Å². The van der Waals surface area contributed by atoms with Gasteiger partial charge in [0.05, 0.1) is 18.3 Å². The molecule has 1 aliphatic rings. The second kappa shape index (κ2) is 12.5. The van der Waals surface area contributed by atoms with E-state index in [1.54, 1.807) is 0 Å². The zero-order valence-corrected chi connectivity index (χ0v) is 21.0. The number of guanidine groups is 1. The molecule has 0 radical (unpaired) electrons. The predicted molar refractivity (Wildman–Crippen MR) is 134 cm³/mol. The number of rotatable bonds is 9. The van der Waals surface area contributed by atoms with Crippen molar-refractivity contribution >= 4 is 41.3 Å². The molecule has 0 amide bonds. The number of aryl methyl sites for hydroxylation is 3. The fraction of sp³-hybridized carbons (Fsp3) is 0.619. The van der Waals surface area contributed by atoms with Gasteiger partial charge in [0.2, 0.25) is 0 Å². The summed E-state index contributed by atoms with van der Waals surface area (Å²) < 4.78 is 2.08. The number of aromatic nitrogens is 2. The van der Waals surface area contributed by atoms with Gasteiger partial charge in [-0.05, 0) is 70.6 Å². The van der Waals surface area contributed by atoms with Crippen LogP contribution < -0.4 is 10.6 Å². The van der Waals surface area contributed by atoms with Crippen LogP contribution in [0.3, 0.4) is 0 Å². The Morgan fingerprint density at radius 1 is 1.28 bits per heavy atom. The Bertz CT molecular complexity index is 736. The van der Waals surface area contributed by atoms with E-state index in [1.165, 1.54) is 36.5 Å². The topological polar surface area (TPSA) is 57.5 Å². The monoisotopic (exact) mass is 530 g/mol. The average Bonchev–Trinajstić information content (AvgIpc) is 3.42. The molecule has 1 atom stereocenters. The lowest BCUT2D eigenvalue weighted by Crippen LogP contribution is -2.39. The van der Waals surface area contributed by atoms with Crippen LogP contribution in [0, 0.1) is 13.8 Å². The quantitative estimate of drug-likeness (QED) is 0.223. The minimum Gasteiger partial charge on any atom is -0.357 e. The van der Waals surface area contributed by atoms with E-state index in [-0.39, 0.29) is 24.0 Å². The molecule has 162 valence electrons. The molecule has 0 saturated carbocycles. The van der Waals surface area contributed by atoms with Crippen LogP contribution in [-0.2, 0) is 6.54 Å². The molecule has 3 heterocycles. The summed E-state index contributed by atoms with van der Waals surface area (Å²) >= 11 is 1.84. The summed E-state index contributed by atoms with van der Waals surface area (Å²) in [7, 11) is 0. The number of hydrogen-bond donors (Lipinski definition) is 2. The molecule has 1 unspecified atom stereocenters. The minimum atomic E-state index is 0. The molecule has 1 fully saturated rings. The second-order valence-electron chi connectivity index (χ2n) is 7.42. The van der Waals surface area contributed by atoms with Gasteiger partial charge in [0, 0.05) is 30.2 Å². The summed E-state index contributed by atoms with van der Waals surface area (Å²) in [5.41, 5.74) is 2.31. The Morgan fingerprint density at radius 3 is 2.69 bits per heavy atom. The highest BCUT2D eigenvalue weighted by Crippen LogP contribution is 2.28. The van der Waals surface area contributed by atoms with Gasteiger partial charge < -0.3 is 10.6 Å². The van der Waals surface area contributed by atoms with Gasteiger partial charge >= 0.3 is 0 Å². The van der Waals surface area contributed by atoms with Gasteiger partial charge in [0.25, 0.3) is 0 Å². The molecular weight excluding hydrogens is 495 g/mol. The van der Waals surface area contributed by atoms with Crippen molar-refractivity contribution in [3.8, 4) is 0 Å². The van der Waals surface area contributed by atoms with Crippen LogP contribution in [0.1, 0.15) is 48.5 Å². The van der Waals surface area contributed by atoms with E-state index in [4.69, 9.17) is 4.99 Å². The lowest BCUT2D eigenvalue weighted by Gasteiger charge is -2.25. The van der Waals surface area contributed by atoms with Gasteiger partial charge in [-0.1, -0.05) is 6.07 Å². The molecule has 1 aliphatic heterocycles. The number of hydrogen-bond acceptors (Lipinski definition) is 4. The summed E-state index contributed by atoms with van der Waals surface area (Å²) in [6.45, 7) is 12.1. The standard InChI is InChI=1S/C21H34N6S.HI/c1-4-22-21(23-10-8-13-27-18(3)15-17(2)25-27)24-16-19(20-9-7-14-28-20)26-11-5-6-12-26;/h7,9,14-15,19H,4-6,8,10-13,16H2,1-3H3,(H2,22,23,24);1H. The van der Waals surface area contributed by atoms with E-state index >= 15 is 0 Å². The number of nitrogens with zero attached hydrogens (tertiary/aromatic N) is 4. The molecule has 29 heavy (non-hydrogen) atoms. The largest absolute Gasteiger partial charge is 0.357 e. The third-order valence-corrected chi connectivity index (χ3v) is 6.14. The maximum atomic E-state index is 4.92. The molecule has 8 heteroatoms. The average molecular weight is 531 g/mol.